The maximum absolute atomic E-state index is 11.7. The SMILES string of the molecule is Cn1cc(CCNC(=O)CCOc2cccc(N)c2)cn1. The largest absolute Gasteiger partial charge is 0.493 e. The Morgan fingerprint density at radius 1 is 1.48 bits per heavy atom. The van der Waals surface area contributed by atoms with Crippen LogP contribution in [0.1, 0.15) is 12.0 Å². The van der Waals surface area contributed by atoms with Crippen molar-refractivity contribution < 1.29 is 9.53 Å². The lowest BCUT2D eigenvalue weighted by Crippen LogP contribution is -2.26. The number of aryl methyl sites for hydroxylation is 1. The highest BCUT2D eigenvalue weighted by Gasteiger charge is 2.03. The number of anilines is 1. The maximum Gasteiger partial charge on any atom is 0.223 e. The van der Waals surface area contributed by atoms with Crippen molar-refractivity contribution in [1.82, 2.24) is 15.1 Å². The average Bonchev–Trinajstić information content (AvgIpc) is 2.84. The zero-order valence-electron chi connectivity index (χ0n) is 12.1. The van der Waals surface area contributed by atoms with E-state index in [1.165, 1.54) is 0 Å². The number of aromatic nitrogens is 2. The summed E-state index contributed by atoms with van der Waals surface area (Å²) in [5.74, 6) is 0.654. The van der Waals surface area contributed by atoms with Crippen LogP contribution in [0.15, 0.2) is 36.7 Å². The molecule has 2 aromatic rings. The van der Waals surface area contributed by atoms with Crippen molar-refractivity contribution in [1.29, 1.82) is 0 Å². The van der Waals surface area contributed by atoms with Crippen LogP contribution in [0.2, 0.25) is 0 Å². The molecular weight excluding hydrogens is 268 g/mol. The van der Waals surface area contributed by atoms with E-state index >= 15 is 0 Å². The zero-order chi connectivity index (χ0) is 15.1. The second kappa shape index (κ2) is 7.33. The number of ether oxygens (including phenoxy) is 1. The summed E-state index contributed by atoms with van der Waals surface area (Å²) in [6.07, 6.45) is 4.83. The predicted molar refractivity (Wildman–Crippen MR) is 80.9 cm³/mol. The number of amides is 1. The van der Waals surface area contributed by atoms with Crippen LogP contribution in [0.4, 0.5) is 5.69 Å². The Labute approximate surface area is 123 Å². The van der Waals surface area contributed by atoms with Gasteiger partial charge in [-0.1, -0.05) is 6.07 Å². The highest BCUT2D eigenvalue weighted by atomic mass is 16.5. The second-order valence-corrected chi connectivity index (χ2v) is 4.79. The molecule has 0 saturated heterocycles. The molecule has 6 nitrogen and oxygen atoms in total. The number of nitrogens with two attached hydrogens (primary N) is 1. The maximum atomic E-state index is 11.7. The number of carbonyl (C=O) groups is 1. The van der Waals surface area contributed by atoms with Crippen molar-refractivity contribution in [2.45, 2.75) is 12.8 Å². The van der Waals surface area contributed by atoms with Crippen LogP contribution in [0, 0.1) is 0 Å². The molecule has 1 aromatic heterocycles. The molecule has 0 bridgehead atoms. The lowest BCUT2D eigenvalue weighted by Gasteiger charge is -2.07. The van der Waals surface area contributed by atoms with E-state index in [1.54, 1.807) is 23.0 Å². The Bertz CT molecular complexity index is 595. The van der Waals surface area contributed by atoms with Crippen molar-refractivity contribution in [2.24, 2.45) is 7.05 Å². The number of nitrogens with zero attached hydrogens (tertiary/aromatic N) is 2. The smallest absolute Gasteiger partial charge is 0.223 e. The molecule has 6 heteroatoms. The number of benzene rings is 1. The molecule has 0 unspecified atom stereocenters. The van der Waals surface area contributed by atoms with Crippen molar-refractivity contribution in [3.05, 3.63) is 42.2 Å². The fourth-order valence-corrected chi connectivity index (χ4v) is 1.90. The summed E-state index contributed by atoms with van der Waals surface area (Å²) in [5.41, 5.74) is 7.40. The predicted octanol–water partition coefficient (Wildman–Crippen LogP) is 1.13. The summed E-state index contributed by atoms with van der Waals surface area (Å²) >= 11 is 0. The third-order valence-electron chi connectivity index (χ3n) is 2.95. The van der Waals surface area contributed by atoms with Crippen LogP contribution in [0.5, 0.6) is 5.75 Å². The van der Waals surface area contributed by atoms with Crippen LogP contribution in [0.3, 0.4) is 0 Å². The molecule has 2 rings (SSSR count). The summed E-state index contributed by atoms with van der Waals surface area (Å²) < 4.78 is 7.22. The van der Waals surface area contributed by atoms with E-state index in [2.05, 4.69) is 10.4 Å². The van der Waals surface area contributed by atoms with E-state index < -0.39 is 0 Å². The molecule has 21 heavy (non-hydrogen) atoms. The van der Waals surface area contributed by atoms with Crippen molar-refractivity contribution in [3.63, 3.8) is 0 Å². The van der Waals surface area contributed by atoms with Gasteiger partial charge >= 0.3 is 0 Å². The van der Waals surface area contributed by atoms with E-state index in [-0.39, 0.29) is 5.91 Å². The van der Waals surface area contributed by atoms with E-state index in [1.807, 2.05) is 25.4 Å². The highest BCUT2D eigenvalue weighted by Crippen LogP contribution is 2.14. The van der Waals surface area contributed by atoms with E-state index in [0.29, 0.717) is 31.0 Å². The molecule has 0 aliphatic rings. The first-order valence-electron chi connectivity index (χ1n) is 6.86. The van der Waals surface area contributed by atoms with E-state index in [9.17, 15) is 4.79 Å². The van der Waals surface area contributed by atoms with Crippen LogP contribution in [0.25, 0.3) is 0 Å². The molecule has 3 N–H and O–H groups in total. The molecule has 1 aromatic carbocycles. The number of nitrogen functional groups attached to an aromatic ring is 1. The molecule has 0 spiro atoms. The minimum atomic E-state index is -0.0252. The van der Waals surface area contributed by atoms with Gasteiger partial charge in [0.05, 0.1) is 19.2 Å². The fourth-order valence-electron chi connectivity index (χ4n) is 1.90. The average molecular weight is 288 g/mol. The van der Waals surface area contributed by atoms with Crippen LogP contribution in [-0.4, -0.2) is 28.8 Å². The molecular formula is C15H20N4O2. The first kappa shape index (κ1) is 14.9. The molecule has 1 amide bonds. The van der Waals surface area contributed by atoms with Gasteiger partial charge in [-0.05, 0) is 24.1 Å². The first-order valence-corrected chi connectivity index (χ1v) is 6.86. The van der Waals surface area contributed by atoms with Gasteiger partial charge in [0.1, 0.15) is 5.75 Å². The molecule has 0 fully saturated rings. The van der Waals surface area contributed by atoms with Gasteiger partial charge in [-0.2, -0.15) is 5.10 Å². The number of hydrogen-bond donors (Lipinski definition) is 2. The van der Waals surface area contributed by atoms with Crippen LogP contribution in [-0.2, 0) is 18.3 Å². The van der Waals surface area contributed by atoms with Crippen LogP contribution < -0.4 is 15.8 Å². The Morgan fingerprint density at radius 3 is 3.05 bits per heavy atom. The Balaban J connectivity index is 1.61. The fraction of sp³-hybridized carbons (Fsp3) is 0.333. The Hall–Kier alpha value is -2.50. The minimum absolute atomic E-state index is 0.0252. The summed E-state index contributed by atoms with van der Waals surface area (Å²) in [7, 11) is 1.87. The summed E-state index contributed by atoms with van der Waals surface area (Å²) in [6.45, 7) is 0.936. The topological polar surface area (TPSA) is 82.2 Å². The monoisotopic (exact) mass is 288 g/mol. The van der Waals surface area contributed by atoms with Gasteiger partial charge in [-0.25, -0.2) is 0 Å². The van der Waals surface area contributed by atoms with Crippen LogP contribution >= 0.6 is 0 Å². The number of carbonyl (C=O) groups excluding carboxylic acids is 1. The standard InChI is InChI=1S/C15H20N4O2/c1-19-11-12(10-18-19)5-7-17-15(20)6-8-21-14-4-2-3-13(16)9-14/h2-4,9-11H,5-8,16H2,1H3,(H,17,20). The third kappa shape index (κ3) is 5.18. The number of hydrogen-bond acceptors (Lipinski definition) is 4. The summed E-state index contributed by atoms with van der Waals surface area (Å²) in [4.78, 5) is 11.7. The van der Waals surface area contributed by atoms with E-state index in [4.69, 9.17) is 10.5 Å². The molecule has 0 radical (unpaired) electrons. The molecule has 112 valence electrons. The Kier molecular flexibility index (Phi) is 5.20. The molecule has 0 atom stereocenters. The highest BCUT2D eigenvalue weighted by molar-refractivity contribution is 5.75. The van der Waals surface area contributed by atoms with Gasteiger partial charge < -0.3 is 15.8 Å². The quantitative estimate of drug-likeness (QED) is 0.748. The van der Waals surface area contributed by atoms with Gasteiger partial charge in [0.15, 0.2) is 0 Å². The van der Waals surface area contributed by atoms with Gasteiger partial charge in [0.25, 0.3) is 0 Å². The van der Waals surface area contributed by atoms with Crippen molar-refractivity contribution >= 4 is 11.6 Å². The van der Waals surface area contributed by atoms with Crippen molar-refractivity contribution in [2.75, 3.05) is 18.9 Å². The lowest BCUT2D eigenvalue weighted by atomic mass is 10.2. The number of nitrogens with one attached hydrogen (secondary N) is 1. The van der Waals surface area contributed by atoms with Gasteiger partial charge in [-0.15, -0.1) is 0 Å². The van der Waals surface area contributed by atoms with Gasteiger partial charge in [-0.3, -0.25) is 9.48 Å². The summed E-state index contributed by atoms with van der Waals surface area (Å²) in [6, 6.07) is 7.16. The first-order chi connectivity index (χ1) is 10.1. The third-order valence-corrected chi connectivity index (χ3v) is 2.95. The van der Waals surface area contributed by atoms with Gasteiger partial charge in [0.2, 0.25) is 5.91 Å². The second-order valence-electron chi connectivity index (χ2n) is 4.79. The van der Waals surface area contributed by atoms with Gasteiger partial charge in [0, 0.05) is 31.5 Å². The van der Waals surface area contributed by atoms with E-state index in [0.717, 1.165) is 12.0 Å². The molecule has 0 saturated carbocycles. The summed E-state index contributed by atoms with van der Waals surface area (Å²) in [5, 5.41) is 6.94. The molecule has 0 aliphatic heterocycles. The van der Waals surface area contributed by atoms with Crippen molar-refractivity contribution in [3.8, 4) is 5.75 Å². The molecule has 0 aliphatic carbocycles. The molecule has 1 heterocycles. The minimum Gasteiger partial charge on any atom is -0.493 e. The lowest BCUT2D eigenvalue weighted by molar-refractivity contribution is -0.121. The normalized spacial score (nSPS) is 10.3. The number of rotatable bonds is 7. The zero-order valence-corrected chi connectivity index (χ0v) is 12.1. The Morgan fingerprint density at radius 2 is 2.33 bits per heavy atom.